The van der Waals surface area contributed by atoms with Gasteiger partial charge in [-0.1, -0.05) is 164 Å². The molecule has 13 rings (SSSR count). The third-order valence-electron chi connectivity index (χ3n) is 16.2. The highest BCUT2D eigenvalue weighted by molar-refractivity contribution is 5.88. The zero-order chi connectivity index (χ0) is 47.8. The zero-order valence-electron chi connectivity index (χ0n) is 40.3. The molecular formula is C67H55N5. The summed E-state index contributed by atoms with van der Waals surface area (Å²) in [5, 5.41) is 8.48. The Balaban J connectivity index is 1.10. The summed E-state index contributed by atoms with van der Waals surface area (Å²) >= 11 is 0. The number of pyridine rings is 5. The largest absolute Gasteiger partial charge is 0.256 e. The quantitative estimate of drug-likeness (QED) is 0.166. The van der Waals surface area contributed by atoms with Crippen molar-refractivity contribution in [3.63, 3.8) is 0 Å². The van der Waals surface area contributed by atoms with Crippen LogP contribution in [-0.2, 0) is 0 Å². The van der Waals surface area contributed by atoms with Gasteiger partial charge in [-0.15, -0.1) is 0 Å². The van der Waals surface area contributed by atoms with Crippen molar-refractivity contribution in [2.75, 3.05) is 0 Å². The van der Waals surface area contributed by atoms with Gasteiger partial charge in [0, 0.05) is 57.9 Å². The van der Waals surface area contributed by atoms with Gasteiger partial charge in [-0.2, -0.15) is 0 Å². The molecular weight excluding hydrogens is 875 g/mol. The Morgan fingerprint density at radius 1 is 0.208 bits per heavy atom. The Kier molecular flexibility index (Phi) is 11.7. The number of nitrogens with zero attached hydrogens (tertiary/aromatic N) is 5. The van der Waals surface area contributed by atoms with Crippen molar-refractivity contribution in [3.8, 4) is 0 Å². The summed E-state index contributed by atoms with van der Waals surface area (Å²) in [5.74, 6) is 0.863. The Bertz CT molecular complexity index is 3220. The summed E-state index contributed by atoms with van der Waals surface area (Å²) in [6, 6.07) is 71.8. The smallest absolute Gasteiger partial charge is 0.0736 e. The average Bonchev–Trinajstić information content (AvgIpc) is 3.44. The minimum atomic E-state index is 0.127. The fourth-order valence-electron chi connectivity index (χ4n) is 13.1. The maximum absolute atomic E-state index is 5.21. The first-order valence-corrected chi connectivity index (χ1v) is 25.9. The monoisotopic (exact) mass is 929 g/mol. The average molecular weight is 930 g/mol. The molecule has 5 nitrogen and oxygen atoms in total. The number of hydrogen-bond acceptors (Lipinski definition) is 5. The number of aromatic nitrogens is 5. The molecule has 0 spiro atoms. The maximum Gasteiger partial charge on any atom is 0.0736 e. The second kappa shape index (κ2) is 19.2. The van der Waals surface area contributed by atoms with E-state index < -0.39 is 0 Å². The highest BCUT2D eigenvalue weighted by Crippen LogP contribution is 2.52. The van der Waals surface area contributed by atoms with Crippen LogP contribution in [0, 0.1) is 0 Å². The van der Waals surface area contributed by atoms with Crippen LogP contribution in [0.5, 0.6) is 0 Å². The van der Waals surface area contributed by atoms with Crippen molar-refractivity contribution in [1.82, 2.24) is 24.9 Å². The van der Waals surface area contributed by atoms with E-state index in [9.17, 15) is 0 Å². The van der Waals surface area contributed by atoms with E-state index in [0.29, 0.717) is 0 Å². The van der Waals surface area contributed by atoms with Crippen molar-refractivity contribution >= 4 is 65.3 Å². The number of hydrogen-bond donors (Lipinski definition) is 0. The Morgan fingerprint density at radius 2 is 0.431 bits per heavy atom. The van der Waals surface area contributed by atoms with Crippen LogP contribution in [-0.4, -0.2) is 24.9 Å². The van der Waals surface area contributed by atoms with Gasteiger partial charge in [0.25, 0.3) is 0 Å². The minimum Gasteiger partial charge on any atom is -0.256 e. The van der Waals surface area contributed by atoms with Crippen molar-refractivity contribution in [2.45, 2.75) is 74.0 Å². The Hall–Kier alpha value is -8.15. The van der Waals surface area contributed by atoms with Crippen LogP contribution < -0.4 is 0 Å². The summed E-state index contributed by atoms with van der Waals surface area (Å²) in [5.41, 5.74) is 13.4. The summed E-state index contributed by atoms with van der Waals surface area (Å²) in [7, 11) is 0. The van der Waals surface area contributed by atoms with E-state index in [4.69, 9.17) is 24.9 Å². The number of rotatable bonds is 6. The second-order valence-electron chi connectivity index (χ2n) is 20.3. The SMILES string of the molecule is c1ccc2c(C3CC(c4cccc5cccnc45)CC(c4cccc5cccnc45)CC(c4cccc5cccnc45)CC(c4cccc5cccnc45)CC(c4cccc5cccnc45)C3)cccc2c1. The topological polar surface area (TPSA) is 64.5 Å². The van der Waals surface area contributed by atoms with Crippen molar-refractivity contribution in [3.05, 3.63) is 258 Å². The molecule has 348 valence electrons. The van der Waals surface area contributed by atoms with E-state index >= 15 is 0 Å². The highest BCUT2D eigenvalue weighted by Gasteiger charge is 2.36. The van der Waals surface area contributed by atoms with Gasteiger partial charge in [-0.3, -0.25) is 24.9 Å². The van der Waals surface area contributed by atoms with Crippen LogP contribution in [0.25, 0.3) is 65.3 Å². The summed E-state index contributed by atoms with van der Waals surface area (Å²) in [6.07, 6.45) is 15.4. The summed E-state index contributed by atoms with van der Waals surface area (Å²) in [4.78, 5) is 26.0. The molecule has 5 heteroatoms. The van der Waals surface area contributed by atoms with E-state index in [2.05, 4.69) is 194 Å². The first-order valence-electron chi connectivity index (χ1n) is 25.9. The molecule has 0 amide bonds. The fraction of sp³-hybridized carbons (Fsp3) is 0.179. The molecule has 1 saturated carbocycles. The standard InChI is InChI=1S/C67H55N5/c1-2-26-56-44(14-1)15-3-27-57(56)50-38-51(58-28-4-16-45-21-9-33-68-63(45)58)40-53(60-30-6-18-47-23-11-35-70-65(47)60)42-55(62-32-8-20-49-25-13-37-72-67(49)62)43-54(61-31-7-19-48-24-12-36-71-66(48)61)41-52(39-50)59-29-5-17-46-22-10-34-69-64(46)59/h1-37,50-55H,38-43H2. The van der Waals surface area contributed by atoms with Crippen LogP contribution in [0.15, 0.2) is 225 Å². The third-order valence-corrected chi connectivity index (χ3v) is 16.2. The van der Waals surface area contributed by atoms with Gasteiger partial charge in [0.15, 0.2) is 0 Å². The molecule has 0 N–H and O–H groups in total. The van der Waals surface area contributed by atoms with Crippen LogP contribution in [0.3, 0.4) is 0 Å². The zero-order valence-corrected chi connectivity index (χ0v) is 40.3. The molecule has 4 atom stereocenters. The van der Waals surface area contributed by atoms with Gasteiger partial charge in [0.1, 0.15) is 0 Å². The Morgan fingerprint density at radius 3 is 0.736 bits per heavy atom. The normalized spacial score (nSPS) is 20.2. The van der Waals surface area contributed by atoms with Crippen molar-refractivity contribution in [1.29, 1.82) is 0 Å². The van der Waals surface area contributed by atoms with Gasteiger partial charge in [0.05, 0.1) is 27.6 Å². The van der Waals surface area contributed by atoms with E-state index in [0.717, 1.165) is 66.1 Å². The fourth-order valence-corrected chi connectivity index (χ4v) is 13.1. The number of para-hydroxylation sites is 5. The first-order chi connectivity index (χ1) is 35.7. The van der Waals surface area contributed by atoms with Gasteiger partial charge < -0.3 is 0 Å². The van der Waals surface area contributed by atoms with E-state index in [1.165, 1.54) is 71.1 Å². The van der Waals surface area contributed by atoms with Gasteiger partial charge in [0.2, 0.25) is 0 Å². The maximum atomic E-state index is 5.21. The predicted molar refractivity (Wildman–Crippen MR) is 297 cm³/mol. The van der Waals surface area contributed by atoms with Crippen LogP contribution in [0.2, 0.25) is 0 Å². The molecule has 0 aliphatic heterocycles. The van der Waals surface area contributed by atoms with Crippen LogP contribution in [0.1, 0.15) is 107 Å². The molecule has 0 saturated heterocycles. The molecule has 1 aliphatic rings. The molecule has 5 aromatic heterocycles. The summed E-state index contributed by atoms with van der Waals surface area (Å²) < 4.78 is 0. The first kappa shape index (κ1) is 43.8. The van der Waals surface area contributed by atoms with E-state index in [1.807, 2.05) is 31.0 Å². The molecule has 72 heavy (non-hydrogen) atoms. The second-order valence-corrected chi connectivity index (χ2v) is 20.3. The molecule has 0 radical (unpaired) electrons. The molecule has 5 heterocycles. The van der Waals surface area contributed by atoms with Gasteiger partial charge >= 0.3 is 0 Å². The minimum absolute atomic E-state index is 0.127. The molecule has 1 aliphatic carbocycles. The molecule has 0 bridgehead atoms. The van der Waals surface area contributed by atoms with Crippen LogP contribution in [0.4, 0.5) is 0 Å². The lowest BCUT2D eigenvalue weighted by Crippen LogP contribution is -2.20. The lowest BCUT2D eigenvalue weighted by Gasteiger charge is -2.36. The highest BCUT2D eigenvalue weighted by atomic mass is 14.7. The number of benzene rings is 7. The van der Waals surface area contributed by atoms with E-state index in [1.54, 1.807) is 0 Å². The lowest BCUT2D eigenvalue weighted by molar-refractivity contribution is 0.355. The molecule has 1 fully saturated rings. The number of fused-ring (bicyclic) bond motifs is 6. The van der Waals surface area contributed by atoms with Crippen molar-refractivity contribution in [2.24, 2.45) is 0 Å². The molecule has 4 unspecified atom stereocenters. The Labute approximate surface area is 420 Å². The molecule has 7 aromatic carbocycles. The third kappa shape index (κ3) is 8.33. The van der Waals surface area contributed by atoms with Gasteiger partial charge in [-0.05, 0) is 149 Å². The summed E-state index contributed by atoms with van der Waals surface area (Å²) in [6.45, 7) is 0. The molecule has 12 aromatic rings. The van der Waals surface area contributed by atoms with Gasteiger partial charge in [-0.25, -0.2) is 0 Å². The lowest BCUT2D eigenvalue weighted by atomic mass is 9.68. The van der Waals surface area contributed by atoms with E-state index in [-0.39, 0.29) is 35.5 Å². The van der Waals surface area contributed by atoms with Crippen LogP contribution >= 0.6 is 0 Å². The van der Waals surface area contributed by atoms with Crippen molar-refractivity contribution < 1.29 is 0 Å². The predicted octanol–water partition coefficient (Wildman–Crippen LogP) is 16.9.